The van der Waals surface area contributed by atoms with E-state index >= 15 is 0 Å². The molecule has 1 N–H and O–H groups in total. The standard InChI is InChI=1S/C18H29N3O2S.HI/c1-14-11-15(2)13-21(12-14)18(19-3)20-10-9-16-5-7-17(8-6-16)24(4,22)23;/h5-8,14-15H,9-13H2,1-4H3,(H,19,20);1H. The maximum atomic E-state index is 11.5. The van der Waals surface area contributed by atoms with Crippen molar-refractivity contribution in [2.24, 2.45) is 16.8 Å². The zero-order valence-corrected chi connectivity index (χ0v) is 18.7. The second-order valence-electron chi connectivity index (χ2n) is 6.99. The summed E-state index contributed by atoms with van der Waals surface area (Å²) in [6.07, 6.45) is 3.34. The van der Waals surface area contributed by atoms with Crippen LogP contribution in [0.3, 0.4) is 0 Å². The summed E-state index contributed by atoms with van der Waals surface area (Å²) in [5.74, 6) is 2.34. The minimum Gasteiger partial charge on any atom is -0.356 e. The number of aliphatic imine (C=N–C) groups is 1. The molecule has 0 aromatic heterocycles. The van der Waals surface area contributed by atoms with Crippen LogP contribution in [-0.2, 0) is 16.3 Å². The van der Waals surface area contributed by atoms with Gasteiger partial charge in [0.2, 0.25) is 0 Å². The largest absolute Gasteiger partial charge is 0.356 e. The third kappa shape index (κ3) is 6.77. The van der Waals surface area contributed by atoms with Gasteiger partial charge in [-0.25, -0.2) is 8.42 Å². The number of benzene rings is 1. The van der Waals surface area contributed by atoms with Crippen molar-refractivity contribution in [3.05, 3.63) is 29.8 Å². The number of nitrogens with one attached hydrogen (secondary N) is 1. The normalized spacial score (nSPS) is 21.6. The van der Waals surface area contributed by atoms with Crippen molar-refractivity contribution in [3.63, 3.8) is 0 Å². The average Bonchev–Trinajstić information content (AvgIpc) is 2.50. The number of piperidine rings is 1. The smallest absolute Gasteiger partial charge is 0.193 e. The highest BCUT2D eigenvalue weighted by Crippen LogP contribution is 2.20. The Labute approximate surface area is 169 Å². The molecule has 0 amide bonds. The molecule has 142 valence electrons. The van der Waals surface area contributed by atoms with Gasteiger partial charge in [-0.3, -0.25) is 4.99 Å². The molecule has 1 aliphatic heterocycles. The lowest BCUT2D eigenvalue weighted by Crippen LogP contribution is -2.48. The van der Waals surface area contributed by atoms with Crippen molar-refractivity contribution >= 4 is 39.8 Å². The van der Waals surface area contributed by atoms with Gasteiger partial charge in [-0.2, -0.15) is 0 Å². The summed E-state index contributed by atoms with van der Waals surface area (Å²) in [6.45, 7) is 7.46. The molecule has 0 bridgehead atoms. The van der Waals surface area contributed by atoms with E-state index in [-0.39, 0.29) is 24.0 Å². The number of nitrogens with zero attached hydrogens (tertiary/aromatic N) is 2. The minimum absolute atomic E-state index is 0. The van der Waals surface area contributed by atoms with Crippen LogP contribution in [0.2, 0.25) is 0 Å². The van der Waals surface area contributed by atoms with Crippen LogP contribution >= 0.6 is 24.0 Å². The first-order valence-corrected chi connectivity index (χ1v) is 10.4. The molecule has 25 heavy (non-hydrogen) atoms. The molecule has 2 unspecified atom stereocenters. The van der Waals surface area contributed by atoms with Gasteiger partial charge in [0.15, 0.2) is 15.8 Å². The van der Waals surface area contributed by atoms with Gasteiger partial charge in [0, 0.05) is 32.9 Å². The Kier molecular flexibility index (Phi) is 8.67. The Balaban J connectivity index is 0.00000312. The van der Waals surface area contributed by atoms with E-state index in [2.05, 4.69) is 29.1 Å². The second kappa shape index (κ2) is 9.75. The molecule has 7 heteroatoms. The Morgan fingerprint density at radius 2 is 1.76 bits per heavy atom. The van der Waals surface area contributed by atoms with Crippen LogP contribution < -0.4 is 5.32 Å². The molecule has 2 atom stereocenters. The summed E-state index contributed by atoms with van der Waals surface area (Å²) in [7, 11) is -1.30. The number of likely N-dealkylation sites (tertiary alicyclic amines) is 1. The summed E-state index contributed by atoms with van der Waals surface area (Å²) in [4.78, 5) is 7.12. The molecular formula is C18H30IN3O2S. The van der Waals surface area contributed by atoms with Crippen molar-refractivity contribution < 1.29 is 8.42 Å². The number of rotatable bonds is 4. The van der Waals surface area contributed by atoms with E-state index in [0.29, 0.717) is 16.7 Å². The molecule has 1 heterocycles. The van der Waals surface area contributed by atoms with E-state index in [1.165, 1.54) is 12.7 Å². The summed E-state index contributed by atoms with van der Waals surface area (Å²) in [5.41, 5.74) is 1.12. The van der Waals surface area contributed by atoms with E-state index in [1.807, 2.05) is 19.2 Å². The molecule has 0 saturated carbocycles. The molecular weight excluding hydrogens is 449 g/mol. The Morgan fingerprint density at radius 1 is 1.20 bits per heavy atom. The van der Waals surface area contributed by atoms with Gasteiger partial charge in [-0.05, 0) is 42.4 Å². The van der Waals surface area contributed by atoms with Crippen LogP contribution in [-0.4, -0.2) is 52.2 Å². The fourth-order valence-electron chi connectivity index (χ4n) is 3.39. The third-order valence-corrected chi connectivity index (χ3v) is 5.56. The van der Waals surface area contributed by atoms with Crippen molar-refractivity contribution in [1.82, 2.24) is 10.2 Å². The highest BCUT2D eigenvalue weighted by atomic mass is 127. The van der Waals surface area contributed by atoms with Gasteiger partial charge in [-0.1, -0.05) is 26.0 Å². The predicted molar refractivity (Wildman–Crippen MR) is 115 cm³/mol. The van der Waals surface area contributed by atoms with Crippen LogP contribution in [0.15, 0.2) is 34.2 Å². The first-order valence-electron chi connectivity index (χ1n) is 8.54. The third-order valence-electron chi connectivity index (χ3n) is 4.43. The molecule has 1 aromatic carbocycles. The molecule has 1 aliphatic rings. The molecule has 0 radical (unpaired) electrons. The fourth-order valence-corrected chi connectivity index (χ4v) is 4.02. The zero-order chi connectivity index (χ0) is 17.7. The van der Waals surface area contributed by atoms with Gasteiger partial charge in [0.1, 0.15) is 0 Å². The van der Waals surface area contributed by atoms with Crippen molar-refractivity contribution in [2.45, 2.75) is 31.6 Å². The van der Waals surface area contributed by atoms with E-state index in [9.17, 15) is 8.42 Å². The van der Waals surface area contributed by atoms with Crippen molar-refractivity contribution in [1.29, 1.82) is 0 Å². The average molecular weight is 479 g/mol. The molecule has 1 saturated heterocycles. The number of hydrogen-bond acceptors (Lipinski definition) is 3. The predicted octanol–water partition coefficient (Wildman–Crippen LogP) is 2.80. The fraction of sp³-hybridized carbons (Fsp3) is 0.611. The lowest BCUT2D eigenvalue weighted by molar-refractivity contribution is 0.208. The van der Waals surface area contributed by atoms with Crippen LogP contribution in [0.25, 0.3) is 0 Å². The zero-order valence-electron chi connectivity index (χ0n) is 15.5. The molecule has 0 spiro atoms. The first-order chi connectivity index (χ1) is 11.3. The monoisotopic (exact) mass is 479 g/mol. The van der Waals surface area contributed by atoms with Crippen LogP contribution in [0.1, 0.15) is 25.8 Å². The van der Waals surface area contributed by atoms with Gasteiger partial charge in [0.25, 0.3) is 0 Å². The van der Waals surface area contributed by atoms with Crippen LogP contribution in [0.4, 0.5) is 0 Å². The highest BCUT2D eigenvalue weighted by Gasteiger charge is 2.23. The maximum absolute atomic E-state index is 11.5. The molecule has 1 aromatic rings. The van der Waals surface area contributed by atoms with Gasteiger partial charge in [0.05, 0.1) is 4.90 Å². The van der Waals surface area contributed by atoms with Crippen LogP contribution in [0, 0.1) is 11.8 Å². The van der Waals surface area contributed by atoms with Gasteiger partial charge >= 0.3 is 0 Å². The number of sulfone groups is 1. The van der Waals surface area contributed by atoms with Gasteiger partial charge < -0.3 is 10.2 Å². The topological polar surface area (TPSA) is 61.8 Å². The lowest BCUT2D eigenvalue weighted by Gasteiger charge is -2.37. The summed E-state index contributed by atoms with van der Waals surface area (Å²) in [5, 5.41) is 3.43. The van der Waals surface area contributed by atoms with Crippen molar-refractivity contribution in [3.8, 4) is 0 Å². The van der Waals surface area contributed by atoms with Crippen molar-refractivity contribution in [2.75, 3.05) is 32.9 Å². The van der Waals surface area contributed by atoms with E-state index in [4.69, 9.17) is 0 Å². The molecule has 1 fully saturated rings. The summed E-state index contributed by atoms with van der Waals surface area (Å²) >= 11 is 0. The Hall–Kier alpha value is -0.830. The summed E-state index contributed by atoms with van der Waals surface area (Å²) < 4.78 is 23.0. The Morgan fingerprint density at radius 3 is 2.24 bits per heavy atom. The maximum Gasteiger partial charge on any atom is 0.193 e. The quantitative estimate of drug-likeness (QED) is 0.410. The highest BCUT2D eigenvalue weighted by molar-refractivity contribution is 14.0. The van der Waals surface area contributed by atoms with E-state index in [1.54, 1.807) is 12.1 Å². The van der Waals surface area contributed by atoms with E-state index < -0.39 is 9.84 Å². The molecule has 5 nitrogen and oxygen atoms in total. The minimum atomic E-state index is -3.12. The summed E-state index contributed by atoms with van der Waals surface area (Å²) in [6, 6.07) is 7.11. The SMILES string of the molecule is CN=C(NCCc1ccc(S(C)(=O)=O)cc1)N1CC(C)CC(C)C1.I. The molecule has 2 rings (SSSR count). The Bertz CT molecular complexity index is 664. The number of guanidine groups is 1. The number of hydrogen-bond donors (Lipinski definition) is 1. The van der Waals surface area contributed by atoms with Crippen LogP contribution in [0.5, 0.6) is 0 Å². The van der Waals surface area contributed by atoms with Gasteiger partial charge in [-0.15, -0.1) is 24.0 Å². The molecule has 0 aliphatic carbocycles. The second-order valence-corrected chi connectivity index (χ2v) is 9.01. The lowest BCUT2D eigenvalue weighted by atomic mass is 9.92. The number of halogens is 1. The van der Waals surface area contributed by atoms with E-state index in [0.717, 1.165) is 37.6 Å². The first kappa shape index (κ1) is 22.2.